The molecule has 0 aliphatic rings. The molecule has 0 saturated heterocycles. The van der Waals surface area contributed by atoms with Crippen molar-refractivity contribution in [1.82, 2.24) is 0 Å². The number of halogens is 1. The van der Waals surface area contributed by atoms with Gasteiger partial charge >= 0.3 is 5.69 Å². The van der Waals surface area contributed by atoms with Gasteiger partial charge in [-0.05, 0) is 22.9 Å². The smallest absolute Gasteiger partial charge is 0.324 e. The lowest BCUT2D eigenvalue weighted by molar-refractivity contribution is -0.386. The van der Waals surface area contributed by atoms with Crippen LogP contribution in [0.4, 0.5) is 5.69 Å². The molecule has 0 spiro atoms. The van der Waals surface area contributed by atoms with E-state index < -0.39 is 4.92 Å². The summed E-state index contributed by atoms with van der Waals surface area (Å²) in [4.78, 5) is 9.91. The summed E-state index contributed by atoms with van der Waals surface area (Å²) in [6.45, 7) is 3.24. The lowest BCUT2D eigenvalue weighted by Gasteiger charge is -1.85. The number of aryl methyl sites for hydroxylation is 2. The lowest BCUT2D eigenvalue weighted by atomic mass is 10.4. The van der Waals surface area contributed by atoms with Gasteiger partial charge in [-0.15, -0.1) is 0 Å². The molecule has 11 heavy (non-hydrogen) atoms. The monoisotopic (exact) mass is 219 g/mol. The fourth-order valence-electron chi connectivity index (χ4n) is 0.853. The van der Waals surface area contributed by atoms with Gasteiger partial charge in [-0.3, -0.25) is 10.1 Å². The molecule has 0 radical (unpaired) electrons. The van der Waals surface area contributed by atoms with Crippen LogP contribution >= 0.6 is 15.9 Å². The number of nitro groups is 1. The summed E-state index contributed by atoms with van der Waals surface area (Å²) in [7, 11) is 0. The van der Waals surface area contributed by atoms with Gasteiger partial charge in [0.05, 0.1) is 4.92 Å². The summed E-state index contributed by atoms with van der Waals surface area (Å²) in [5, 5.41) is 10.4. The van der Waals surface area contributed by atoms with Crippen LogP contribution in [0, 0.1) is 24.0 Å². The zero-order chi connectivity index (χ0) is 8.59. The second-order valence-electron chi connectivity index (χ2n) is 2.13. The van der Waals surface area contributed by atoms with E-state index >= 15 is 0 Å². The highest BCUT2D eigenvalue weighted by atomic mass is 79.9. The molecule has 0 amide bonds. The zero-order valence-electron chi connectivity index (χ0n) is 6.05. The van der Waals surface area contributed by atoms with Gasteiger partial charge in [0.15, 0.2) is 5.76 Å². The standard InChI is InChI=1S/C6H6BrNO3/c1-3-5(7)6(8(9)10)4(2)11-3/h1-2H3. The average molecular weight is 220 g/mol. The van der Waals surface area contributed by atoms with E-state index in [0.717, 1.165) is 0 Å². The molecule has 1 rings (SSSR count). The Bertz CT molecular complexity index is 305. The van der Waals surface area contributed by atoms with Gasteiger partial charge in [0.25, 0.3) is 0 Å². The van der Waals surface area contributed by atoms with E-state index in [1.54, 1.807) is 13.8 Å². The first-order chi connectivity index (χ1) is 5.04. The summed E-state index contributed by atoms with van der Waals surface area (Å²) >= 11 is 3.07. The molecule has 0 saturated carbocycles. The predicted molar refractivity (Wildman–Crippen MR) is 42.5 cm³/mol. The van der Waals surface area contributed by atoms with Crippen molar-refractivity contribution in [3.63, 3.8) is 0 Å². The van der Waals surface area contributed by atoms with E-state index in [1.807, 2.05) is 0 Å². The third-order valence-electron chi connectivity index (χ3n) is 1.34. The van der Waals surface area contributed by atoms with Crippen LogP contribution in [0.15, 0.2) is 8.89 Å². The first-order valence-electron chi connectivity index (χ1n) is 2.94. The maximum Gasteiger partial charge on any atom is 0.324 e. The summed E-state index contributed by atoms with van der Waals surface area (Å²) < 4.78 is 5.45. The number of hydrogen-bond acceptors (Lipinski definition) is 3. The quantitative estimate of drug-likeness (QED) is 0.539. The van der Waals surface area contributed by atoms with Gasteiger partial charge in [0, 0.05) is 6.92 Å². The van der Waals surface area contributed by atoms with Crippen molar-refractivity contribution < 1.29 is 9.34 Å². The van der Waals surface area contributed by atoms with E-state index in [-0.39, 0.29) is 5.69 Å². The second-order valence-corrected chi connectivity index (χ2v) is 2.93. The maximum atomic E-state index is 10.4. The summed E-state index contributed by atoms with van der Waals surface area (Å²) in [6, 6.07) is 0. The maximum absolute atomic E-state index is 10.4. The van der Waals surface area contributed by atoms with Gasteiger partial charge in [0.1, 0.15) is 10.2 Å². The molecule has 60 valence electrons. The van der Waals surface area contributed by atoms with Gasteiger partial charge in [-0.1, -0.05) is 0 Å². The molecule has 0 aliphatic carbocycles. The van der Waals surface area contributed by atoms with Crippen molar-refractivity contribution in [2.24, 2.45) is 0 Å². The van der Waals surface area contributed by atoms with E-state index in [0.29, 0.717) is 16.0 Å². The van der Waals surface area contributed by atoms with Crippen LogP contribution in [0.1, 0.15) is 11.5 Å². The first kappa shape index (κ1) is 8.26. The summed E-state index contributed by atoms with van der Waals surface area (Å²) in [5.41, 5.74) is 0.0162. The Kier molecular flexibility index (Phi) is 1.99. The third-order valence-corrected chi connectivity index (χ3v) is 2.27. The molecule has 0 bridgehead atoms. The van der Waals surface area contributed by atoms with E-state index in [2.05, 4.69) is 15.9 Å². The van der Waals surface area contributed by atoms with Crippen LogP contribution in [0.25, 0.3) is 0 Å². The molecular formula is C6H6BrNO3. The molecule has 0 atom stereocenters. The fraction of sp³-hybridized carbons (Fsp3) is 0.333. The first-order valence-corrected chi connectivity index (χ1v) is 3.73. The zero-order valence-corrected chi connectivity index (χ0v) is 7.64. The SMILES string of the molecule is Cc1oc(C)c([N+](=O)[O-])c1Br. The Morgan fingerprint density at radius 1 is 1.45 bits per heavy atom. The lowest BCUT2D eigenvalue weighted by Crippen LogP contribution is -1.87. The third kappa shape index (κ3) is 1.28. The van der Waals surface area contributed by atoms with Crippen LogP contribution in [-0.2, 0) is 0 Å². The molecule has 1 aromatic rings. The normalized spacial score (nSPS) is 10.1. The molecule has 1 heterocycles. The molecule has 0 aromatic carbocycles. The molecule has 0 fully saturated rings. The van der Waals surface area contributed by atoms with Gasteiger partial charge in [-0.25, -0.2) is 0 Å². The topological polar surface area (TPSA) is 56.3 Å². The van der Waals surface area contributed by atoms with Gasteiger partial charge in [0.2, 0.25) is 0 Å². The van der Waals surface area contributed by atoms with Crippen molar-refractivity contribution in [3.05, 3.63) is 26.1 Å². The summed E-state index contributed by atoms with van der Waals surface area (Å²) in [6.07, 6.45) is 0. The van der Waals surface area contributed by atoms with E-state index in [1.165, 1.54) is 0 Å². The fourth-order valence-corrected chi connectivity index (χ4v) is 1.36. The highest BCUT2D eigenvalue weighted by molar-refractivity contribution is 9.10. The van der Waals surface area contributed by atoms with Gasteiger partial charge in [-0.2, -0.15) is 0 Å². The molecule has 0 N–H and O–H groups in total. The van der Waals surface area contributed by atoms with E-state index in [9.17, 15) is 10.1 Å². The minimum atomic E-state index is -0.462. The Morgan fingerprint density at radius 2 is 2.00 bits per heavy atom. The molecule has 4 nitrogen and oxygen atoms in total. The Labute approximate surface area is 71.5 Å². The van der Waals surface area contributed by atoms with Crippen LogP contribution < -0.4 is 0 Å². The molecule has 5 heteroatoms. The number of rotatable bonds is 1. The Hall–Kier alpha value is -0.840. The molecule has 0 unspecified atom stereocenters. The number of hydrogen-bond donors (Lipinski definition) is 0. The van der Waals surface area contributed by atoms with Crippen molar-refractivity contribution >= 4 is 21.6 Å². The van der Waals surface area contributed by atoms with Crippen LogP contribution in [0.5, 0.6) is 0 Å². The summed E-state index contributed by atoms with van der Waals surface area (Å²) in [5.74, 6) is 0.869. The Balaban J connectivity index is 3.34. The molecule has 1 aromatic heterocycles. The highest BCUT2D eigenvalue weighted by Crippen LogP contribution is 2.33. The number of nitrogens with zero attached hydrogens (tertiary/aromatic N) is 1. The Morgan fingerprint density at radius 3 is 2.18 bits per heavy atom. The van der Waals surface area contributed by atoms with Crippen molar-refractivity contribution in [2.75, 3.05) is 0 Å². The second kappa shape index (κ2) is 2.65. The van der Waals surface area contributed by atoms with E-state index in [4.69, 9.17) is 4.42 Å². The largest absolute Gasteiger partial charge is 0.458 e. The van der Waals surface area contributed by atoms with Crippen molar-refractivity contribution in [1.29, 1.82) is 0 Å². The van der Waals surface area contributed by atoms with Crippen molar-refractivity contribution in [3.8, 4) is 0 Å². The van der Waals surface area contributed by atoms with Crippen molar-refractivity contribution in [2.45, 2.75) is 13.8 Å². The predicted octanol–water partition coefficient (Wildman–Crippen LogP) is 2.57. The minimum absolute atomic E-state index is 0.0162. The van der Waals surface area contributed by atoms with Gasteiger partial charge < -0.3 is 4.42 Å². The van der Waals surface area contributed by atoms with Crippen LogP contribution in [0.3, 0.4) is 0 Å². The average Bonchev–Trinajstić information content (AvgIpc) is 2.07. The highest BCUT2D eigenvalue weighted by Gasteiger charge is 2.22. The van der Waals surface area contributed by atoms with Crippen LogP contribution in [0.2, 0.25) is 0 Å². The van der Waals surface area contributed by atoms with Crippen LogP contribution in [-0.4, -0.2) is 4.92 Å². The molecule has 0 aliphatic heterocycles. The number of furan rings is 1. The minimum Gasteiger partial charge on any atom is -0.458 e. The molecular weight excluding hydrogens is 214 g/mol.